The Morgan fingerprint density at radius 3 is 2.94 bits per heavy atom. The van der Waals surface area contributed by atoms with Crippen molar-refractivity contribution in [2.75, 3.05) is 31.8 Å². The molecule has 0 saturated heterocycles. The van der Waals surface area contributed by atoms with E-state index in [1.807, 2.05) is 32.3 Å². The lowest BCUT2D eigenvalue weighted by molar-refractivity contribution is -0.118. The largest absolute Gasteiger partial charge is 0.482 e. The van der Waals surface area contributed by atoms with Gasteiger partial charge in [-0.1, -0.05) is 6.07 Å². The van der Waals surface area contributed by atoms with Crippen LogP contribution >= 0.6 is 12.6 Å². The molecule has 1 N–H and O–H groups in total. The predicted octanol–water partition coefficient (Wildman–Crippen LogP) is 1.55. The quantitative estimate of drug-likeness (QED) is 0.802. The molecule has 1 aromatic rings. The molecule has 0 saturated carbocycles. The normalized spacial score (nSPS) is 16.1. The van der Waals surface area contributed by atoms with Crippen molar-refractivity contribution in [2.24, 2.45) is 0 Å². The molecule has 1 unspecified atom stereocenters. The third-order valence-electron chi connectivity index (χ3n) is 2.82. The summed E-state index contributed by atoms with van der Waals surface area (Å²) in [7, 11) is 4.02. The highest BCUT2D eigenvalue weighted by Crippen LogP contribution is 2.31. The minimum atomic E-state index is -0.109. The third kappa shape index (κ3) is 2.56. The number of rotatable bonds is 3. The van der Waals surface area contributed by atoms with Crippen molar-refractivity contribution in [3.8, 4) is 5.75 Å². The molecule has 17 heavy (non-hydrogen) atoms. The van der Waals surface area contributed by atoms with Crippen molar-refractivity contribution in [2.45, 2.75) is 6.04 Å². The van der Waals surface area contributed by atoms with Crippen LogP contribution in [0.5, 0.6) is 5.75 Å². The predicted molar refractivity (Wildman–Crippen MR) is 70.8 cm³/mol. The second-order valence-corrected chi connectivity index (χ2v) is 4.62. The number of anilines is 1. The van der Waals surface area contributed by atoms with Gasteiger partial charge in [-0.25, -0.2) is 0 Å². The average Bonchev–Trinajstić information content (AvgIpc) is 2.29. The number of benzene rings is 1. The fourth-order valence-corrected chi connectivity index (χ4v) is 2.41. The van der Waals surface area contributed by atoms with Gasteiger partial charge in [0.15, 0.2) is 6.61 Å². The molecule has 2 rings (SSSR count). The SMILES string of the molecule is CN(C)C(CS)c1ccc2c(c1)NC(=O)CO2. The number of thiol groups is 1. The zero-order valence-corrected chi connectivity index (χ0v) is 10.8. The molecule has 0 bridgehead atoms. The van der Waals surface area contributed by atoms with Gasteiger partial charge < -0.3 is 15.0 Å². The zero-order chi connectivity index (χ0) is 12.4. The summed E-state index contributed by atoms with van der Waals surface area (Å²) < 4.78 is 5.32. The molecule has 4 nitrogen and oxygen atoms in total. The van der Waals surface area contributed by atoms with Gasteiger partial charge in [0.05, 0.1) is 5.69 Å². The summed E-state index contributed by atoms with van der Waals surface area (Å²) in [6, 6.07) is 6.08. The van der Waals surface area contributed by atoms with Crippen LogP contribution in [0.4, 0.5) is 5.69 Å². The molecule has 5 heteroatoms. The number of amides is 1. The number of fused-ring (bicyclic) bond motifs is 1. The van der Waals surface area contributed by atoms with Crippen LogP contribution in [-0.4, -0.2) is 37.3 Å². The first kappa shape index (κ1) is 12.3. The molecule has 0 fully saturated rings. The van der Waals surface area contributed by atoms with Crippen LogP contribution in [0.25, 0.3) is 0 Å². The highest BCUT2D eigenvalue weighted by Gasteiger charge is 2.19. The fourth-order valence-electron chi connectivity index (χ4n) is 1.87. The average molecular weight is 252 g/mol. The Kier molecular flexibility index (Phi) is 3.59. The molecule has 1 heterocycles. The van der Waals surface area contributed by atoms with Crippen LogP contribution in [0.2, 0.25) is 0 Å². The number of hydrogen-bond acceptors (Lipinski definition) is 4. The van der Waals surface area contributed by atoms with Crippen molar-refractivity contribution in [3.05, 3.63) is 23.8 Å². The fraction of sp³-hybridized carbons (Fsp3) is 0.417. The van der Waals surface area contributed by atoms with Gasteiger partial charge in [-0.05, 0) is 31.8 Å². The van der Waals surface area contributed by atoms with Gasteiger partial charge in [0.1, 0.15) is 5.75 Å². The number of hydrogen-bond donors (Lipinski definition) is 2. The molecule has 1 aromatic carbocycles. The van der Waals surface area contributed by atoms with Crippen molar-refractivity contribution >= 4 is 24.2 Å². The number of nitrogens with one attached hydrogen (secondary N) is 1. The van der Waals surface area contributed by atoms with E-state index in [9.17, 15) is 4.79 Å². The second-order valence-electron chi connectivity index (χ2n) is 4.25. The van der Waals surface area contributed by atoms with Crippen LogP contribution in [0.3, 0.4) is 0 Å². The molecule has 0 radical (unpaired) electrons. The van der Waals surface area contributed by atoms with E-state index in [0.29, 0.717) is 0 Å². The number of nitrogens with zero attached hydrogens (tertiary/aromatic N) is 1. The number of ether oxygens (including phenoxy) is 1. The lowest BCUT2D eigenvalue weighted by Crippen LogP contribution is -2.26. The summed E-state index contributed by atoms with van der Waals surface area (Å²) in [5, 5.41) is 2.81. The molecular formula is C12H16N2O2S. The van der Waals surface area contributed by atoms with Gasteiger partial charge >= 0.3 is 0 Å². The van der Waals surface area contributed by atoms with E-state index < -0.39 is 0 Å². The first-order valence-electron chi connectivity index (χ1n) is 5.45. The van der Waals surface area contributed by atoms with Crippen molar-refractivity contribution in [1.82, 2.24) is 4.90 Å². The van der Waals surface area contributed by atoms with Gasteiger partial charge in [0.2, 0.25) is 0 Å². The minimum absolute atomic E-state index is 0.0933. The first-order valence-corrected chi connectivity index (χ1v) is 6.09. The molecule has 0 spiro atoms. The zero-order valence-electron chi connectivity index (χ0n) is 9.93. The van der Waals surface area contributed by atoms with E-state index in [4.69, 9.17) is 4.74 Å². The summed E-state index contributed by atoms with van der Waals surface area (Å²) >= 11 is 4.35. The van der Waals surface area contributed by atoms with Gasteiger partial charge in [-0.15, -0.1) is 0 Å². The Morgan fingerprint density at radius 1 is 1.53 bits per heavy atom. The van der Waals surface area contributed by atoms with Crippen molar-refractivity contribution in [3.63, 3.8) is 0 Å². The monoisotopic (exact) mass is 252 g/mol. The van der Waals surface area contributed by atoms with E-state index in [1.54, 1.807) is 0 Å². The Labute approximate surface area is 106 Å². The number of carbonyl (C=O) groups excluding carboxylic acids is 1. The third-order valence-corrected chi connectivity index (χ3v) is 3.16. The van der Waals surface area contributed by atoms with E-state index >= 15 is 0 Å². The smallest absolute Gasteiger partial charge is 0.262 e. The maximum absolute atomic E-state index is 11.2. The Bertz CT molecular complexity index is 435. The summed E-state index contributed by atoms with van der Waals surface area (Å²) in [6.45, 7) is 0.0933. The van der Waals surface area contributed by atoms with E-state index in [0.717, 1.165) is 22.8 Å². The van der Waals surface area contributed by atoms with E-state index in [-0.39, 0.29) is 18.6 Å². The summed E-state index contributed by atoms with van der Waals surface area (Å²) in [5.74, 6) is 1.34. The standard InChI is InChI=1S/C12H16N2O2S/c1-14(2)10(7-17)8-3-4-11-9(5-8)13-12(15)6-16-11/h3-5,10,17H,6-7H2,1-2H3,(H,13,15). The molecular weight excluding hydrogens is 236 g/mol. The molecule has 0 aliphatic carbocycles. The summed E-state index contributed by atoms with van der Waals surface area (Å²) in [6.07, 6.45) is 0. The molecule has 1 atom stereocenters. The van der Waals surface area contributed by atoms with Crippen LogP contribution in [-0.2, 0) is 4.79 Å². The van der Waals surface area contributed by atoms with Gasteiger partial charge in [-0.2, -0.15) is 12.6 Å². The van der Waals surface area contributed by atoms with Crippen LogP contribution in [0.1, 0.15) is 11.6 Å². The van der Waals surface area contributed by atoms with E-state index in [2.05, 4.69) is 22.8 Å². The Morgan fingerprint density at radius 2 is 2.29 bits per heavy atom. The van der Waals surface area contributed by atoms with E-state index in [1.165, 1.54) is 0 Å². The second kappa shape index (κ2) is 4.98. The Hall–Kier alpha value is -1.20. The van der Waals surface area contributed by atoms with Crippen LogP contribution < -0.4 is 10.1 Å². The van der Waals surface area contributed by atoms with Gasteiger partial charge in [-0.3, -0.25) is 4.79 Å². The van der Waals surface area contributed by atoms with Gasteiger partial charge in [0.25, 0.3) is 5.91 Å². The minimum Gasteiger partial charge on any atom is -0.482 e. The maximum atomic E-state index is 11.2. The van der Waals surface area contributed by atoms with Crippen LogP contribution in [0, 0.1) is 0 Å². The first-order chi connectivity index (χ1) is 8.11. The lowest BCUT2D eigenvalue weighted by atomic mass is 10.1. The van der Waals surface area contributed by atoms with Crippen molar-refractivity contribution in [1.29, 1.82) is 0 Å². The Balaban J connectivity index is 2.32. The topological polar surface area (TPSA) is 41.6 Å². The van der Waals surface area contributed by atoms with Crippen molar-refractivity contribution < 1.29 is 9.53 Å². The number of carbonyl (C=O) groups is 1. The van der Waals surface area contributed by atoms with Crippen LogP contribution in [0.15, 0.2) is 18.2 Å². The summed E-state index contributed by atoms with van der Waals surface area (Å²) in [5.41, 5.74) is 1.86. The summed E-state index contributed by atoms with van der Waals surface area (Å²) in [4.78, 5) is 13.3. The van der Waals surface area contributed by atoms with Gasteiger partial charge in [0, 0.05) is 11.8 Å². The highest BCUT2D eigenvalue weighted by molar-refractivity contribution is 7.80. The highest BCUT2D eigenvalue weighted by atomic mass is 32.1. The molecule has 1 aliphatic rings. The molecule has 1 amide bonds. The molecule has 0 aromatic heterocycles. The maximum Gasteiger partial charge on any atom is 0.262 e. The molecule has 1 aliphatic heterocycles. The molecule has 92 valence electrons. The lowest BCUT2D eigenvalue weighted by Gasteiger charge is -2.25.